The van der Waals surface area contributed by atoms with Gasteiger partial charge in [-0.3, -0.25) is 9.59 Å². The number of methoxy groups -OCH3 is 1. The monoisotopic (exact) mass is 370 g/mol. The first kappa shape index (κ1) is 19.0. The van der Waals surface area contributed by atoms with Gasteiger partial charge in [-0.1, -0.05) is 13.8 Å². The van der Waals surface area contributed by atoms with Crippen molar-refractivity contribution < 1.29 is 18.7 Å². The molecule has 0 bridgehead atoms. The molecule has 6 nitrogen and oxygen atoms in total. The Hall–Kier alpha value is -2.76. The summed E-state index contributed by atoms with van der Waals surface area (Å²) in [4.78, 5) is 28.6. The molecule has 1 aromatic heterocycles. The minimum Gasteiger partial charge on any atom is -0.497 e. The number of carbonyl (C=O) groups is 2. The van der Waals surface area contributed by atoms with E-state index in [1.165, 1.54) is 0 Å². The van der Waals surface area contributed by atoms with E-state index in [4.69, 9.17) is 9.15 Å². The summed E-state index contributed by atoms with van der Waals surface area (Å²) in [6, 6.07) is 11.0. The molecule has 27 heavy (non-hydrogen) atoms. The Morgan fingerprint density at radius 1 is 1.11 bits per heavy atom. The van der Waals surface area contributed by atoms with Crippen LogP contribution in [0.5, 0.6) is 5.75 Å². The summed E-state index contributed by atoms with van der Waals surface area (Å²) >= 11 is 0. The van der Waals surface area contributed by atoms with Crippen LogP contribution in [0.25, 0.3) is 11.3 Å². The minimum atomic E-state index is -0.172. The van der Waals surface area contributed by atoms with Crippen LogP contribution in [-0.4, -0.2) is 54.9 Å². The smallest absolute Gasteiger partial charge is 0.289 e. The highest BCUT2D eigenvalue weighted by molar-refractivity contribution is 5.92. The first-order valence-electron chi connectivity index (χ1n) is 9.29. The molecule has 2 heterocycles. The normalized spacial score (nSPS) is 15.2. The molecule has 3 rings (SSSR count). The van der Waals surface area contributed by atoms with E-state index >= 15 is 0 Å². The first-order chi connectivity index (χ1) is 13.0. The predicted molar refractivity (Wildman–Crippen MR) is 103 cm³/mol. The zero-order valence-electron chi connectivity index (χ0n) is 16.1. The van der Waals surface area contributed by atoms with Gasteiger partial charge in [-0.05, 0) is 42.3 Å². The largest absolute Gasteiger partial charge is 0.497 e. The molecule has 2 aromatic rings. The van der Waals surface area contributed by atoms with Gasteiger partial charge in [0.1, 0.15) is 11.5 Å². The SMILES string of the molecule is COc1ccc(-c2ccc(C(=O)N3CCC(=O)N(CC(C)C)CC3)o2)cc1. The summed E-state index contributed by atoms with van der Waals surface area (Å²) in [6.07, 6.45) is 0.352. The average Bonchev–Trinajstić information content (AvgIpc) is 3.09. The van der Waals surface area contributed by atoms with Gasteiger partial charge in [0.05, 0.1) is 7.11 Å². The van der Waals surface area contributed by atoms with Gasteiger partial charge in [0.15, 0.2) is 5.76 Å². The fourth-order valence-corrected chi connectivity index (χ4v) is 3.22. The molecule has 0 N–H and O–H groups in total. The van der Waals surface area contributed by atoms with E-state index < -0.39 is 0 Å². The molecule has 0 atom stereocenters. The quantitative estimate of drug-likeness (QED) is 0.810. The van der Waals surface area contributed by atoms with E-state index in [9.17, 15) is 9.59 Å². The van der Waals surface area contributed by atoms with E-state index in [-0.39, 0.29) is 11.8 Å². The van der Waals surface area contributed by atoms with Gasteiger partial charge >= 0.3 is 0 Å². The Morgan fingerprint density at radius 2 is 1.85 bits per heavy atom. The lowest BCUT2D eigenvalue weighted by molar-refractivity contribution is -0.130. The third-order valence-electron chi connectivity index (χ3n) is 4.65. The molecule has 0 radical (unpaired) electrons. The highest BCUT2D eigenvalue weighted by Gasteiger charge is 2.26. The van der Waals surface area contributed by atoms with Crippen LogP contribution in [0.2, 0.25) is 0 Å². The van der Waals surface area contributed by atoms with Crippen LogP contribution in [0.4, 0.5) is 0 Å². The van der Waals surface area contributed by atoms with Crippen LogP contribution < -0.4 is 4.74 Å². The maximum atomic E-state index is 12.8. The highest BCUT2D eigenvalue weighted by atomic mass is 16.5. The van der Waals surface area contributed by atoms with Crippen LogP contribution in [0.3, 0.4) is 0 Å². The number of nitrogens with zero attached hydrogens (tertiary/aromatic N) is 2. The van der Waals surface area contributed by atoms with Gasteiger partial charge in [0.2, 0.25) is 5.91 Å². The lowest BCUT2D eigenvalue weighted by Gasteiger charge is -2.23. The zero-order chi connectivity index (χ0) is 19.4. The Labute approximate surface area is 159 Å². The summed E-state index contributed by atoms with van der Waals surface area (Å²) in [7, 11) is 1.62. The van der Waals surface area contributed by atoms with Gasteiger partial charge in [-0.2, -0.15) is 0 Å². The van der Waals surface area contributed by atoms with Crippen molar-refractivity contribution in [2.45, 2.75) is 20.3 Å². The van der Waals surface area contributed by atoms with Crippen LogP contribution in [-0.2, 0) is 4.79 Å². The van der Waals surface area contributed by atoms with E-state index in [0.717, 1.165) is 17.9 Å². The second-order valence-corrected chi connectivity index (χ2v) is 7.17. The second-order valence-electron chi connectivity index (χ2n) is 7.17. The van der Waals surface area contributed by atoms with Gasteiger partial charge in [0, 0.05) is 38.2 Å². The Balaban J connectivity index is 1.69. The van der Waals surface area contributed by atoms with Crippen molar-refractivity contribution in [2.24, 2.45) is 5.92 Å². The highest BCUT2D eigenvalue weighted by Crippen LogP contribution is 2.25. The first-order valence-corrected chi connectivity index (χ1v) is 9.29. The topological polar surface area (TPSA) is 63.0 Å². The van der Waals surface area contributed by atoms with Gasteiger partial charge in [0.25, 0.3) is 5.91 Å². The lowest BCUT2D eigenvalue weighted by Crippen LogP contribution is -2.37. The number of rotatable bonds is 5. The number of ether oxygens (including phenoxy) is 1. The number of benzene rings is 1. The number of hydrogen-bond donors (Lipinski definition) is 0. The molecule has 0 aliphatic carbocycles. The third kappa shape index (κ3) is 4.51. The van der Waals surface area contributed by atoms with Crippen LogP contribution in [0.1, 0.15) is 30.8 Å². The Bertz CT molecular complexity index is 795. The lowest BCUT2D eigenvalue weighted by atomic mass is 10.2. The summed E-state index contributed by atoms with van der Waals surface area (Å²) in [5.74, 6) is 2.04. The maximum absolute atomic E-state index is 12.8. The molecule has 1 fully saturated rings. The molecule has 1 aliphatic heterocycles. The molecule has 144 valence electrons. The predicted octanol–water partition coefficient (Wildman–Crippen LogP) is 3.29. The zero-order valence-corrected chi connectivity index (χ0v) is 16.1. The van der Waals surface area contributed by atoms with Gasteiger partial charge < -0.3 is 19.0 Å². The average molecular weight is 370 g/mol. The summed E-state index contributed by atoms with van der Waals surface area (Å²) in [5, 5.41) is 0. The molecule has 1 aromatic carbocycles. The Morgan fingerprint density at radius 3 is 2.52 bits per heavy atom. The van der Waals surface area contributed by atoms with E-state index in [1.54, 1.807) is 24.1 Å². The van der Waals surface area contributed by atoms with E-state index in [0.29, 0.717) is 43.5 Å². The van der Waals surface area contributed by atoms with Crippen molar-refractivity contribution in [1.82, 2.24) is 9.80 Å². The van der Waals surface area contributed by atoms with Crippen LogP contribution in [0, 0.1) is 5.92 Å². The maximum Gasteiger partial charge on any atom is 0.289 e. The van der Waals surface area contributed by atoms with Crippen molar-refractivity contribution in [3.8, 4) is 17.1 Å². The fourth-order valence-electron chi connectivity index (χ4n) is 3.22. The van der Waals surface area contributed by atoms with Crippen LogP contribution in [0.15, 0.2) is 40.8 Å². The summed E-state index contributed by atoms with van der Waals surface area (Å²) in [6.45, 7) is 6.41. The molecule has 0 saturated carbocycles. The molecule has 1 saturated heterocycles. The molecule has 1 aliphatic rings. The number of hydrogen-bond acceptors (Lipinski definition) is 4. The van der Waals surface area contributed by atoms with Crippen LogP contribution >= 0.6 is 0 Å². The number of amides is 2. The van der Waals surface area contributed by atoms with Gasteiger partial charge in [-0.25, -0.2) is 0 Å². The fraction of sp³-hybridized carbons (Fsp3) is 0.429. The molecule has 2 amide bonds. The van der Waals surface area contributed by atoms with Crippen molar-refractivity contribution in [2.75, 3.05) is 33.3 Å². The number of furan rings is 1. The van der Waals surface area contributed by atoms with E-state index in [2.05, 4.69) is 13.8 Å². The molecule has 0 spiro atoms. The molecule has 0 unspecified atom stereocenters. The second kappa shape index (κ2) is 8.29. The molecular weight excluding hydrogens is 344 g/mol. The summed E-state index contributed by atoms with van der Waals surface area (Å²) < 4.78 is 10.9. The molecular formula is C21H26N2O4. The minimum absolute atomic E-state index is 0.109. The van der Waals surface area contributed by atoms with Crippen molar-refractivity contribution >= 4 is 11.8 Å². The standard InChI is InChI=1S/C21H26N2O4/c1-15(2)14-23-13-12-22(11-10-20(23)24)21(25)19-9-8-18(27-19)16-4-6-17(26-3)7-5-16/h4-9,15H,10-14H2,1-3H3. The van der Waals surface area contributed by atoms with Gasteiger partial charge in [-0.15, -0.1) is 0 Å². The summed E-state index contributed by atoms with van der Waals surface area (Å²) in [5.41, 5.74) is 0.879. The van der Waals surface area contributed by atoms with Crippen molar-refractivity contribution in [3.05, 3.63) is 42.2 Å². The molecule has 6 heteroatoms. The van der Waals surface area contributed by atoms with Crippen molar-refractivity contribution in [1.29, 1.82) is 0 Å². The Kier molecular flexibility index (Phi) is 5.84. The van der Waals surface area contributed by atoms with Crippen molar-refractivity contribution in [3.63, 3.8) is 0 Å². The third-order valence-corrected chi connectivity index (χ3v) is 4.65. The van der Waals surface area contributed by atoms with E-state index in [1.807, 2.05) is 29.2 Å². The number of carbonyl (C=O) groups excluding carboxylic acids is 2.